The average Bonchev–Trinajstić information content (AvgIpc) is 3.42. The van der Waals surface area contributed by atoms with Crippen LogP contribution in [0.2, 0.25) is 0 Å². The second-order valence-corrected chi connectivity index (χ2v) is 7.99. The summed E-state index contributed by atoms with van der Waals surface area (Å²) in [5, 5.41) is 7.25. The van der Waals surface area contributed by atoms with Gasteiger partial charge in [0.15, 0.2) is 0 Å². The summed E-state index contributed by atoms with van der Waals surface area (Å²) in [4.78, 5) is 43.3. The maximum atomic E-state index is 13.0. The molecule has 1 unspecified atom stereocenters. The highest BCUT2D eigenvalue weighted by molar-refractivity contribution is 5.99. The van der Waals surface area contributed by atoms with Crippen molar-refractivity contribution in [1.82, 2.24) is 19.6 Å². The molecule has 0 spiro atoms. The van der Waals surface area contributed by atoms with Crippen molar-refractivity contribution in [3.8, 4) is 0 Å². The number of aromatic nitrogens is 2. The first-order valence-electron chi connectivity index (χ1n) is 10.7. The van der Waals surface area contributed by atoms with Crippen molar-refractivity contribution in [3.05, 3.63) is 42.2 Å². The monoisotopic (exact) mass is 424 g/mol. The maximum absolute atomic E-state index is 13.0. The molecule has 1 atom stereocenters. The van der Waals surface area contributed by atoms with Crippen molar-refractivity contribution in [2.24, 2.45) is 0 Å². The largest absolute Gasteiger partial charge is 0.334 e. The molecule has 0 saturated carbocycles. The van der Waals surface area contributed by atoms with E-state index in [4.69, 9.17) is 0 Å². The van der Waals surface area contributed by atoms with Crippen LogP contribution >= 0.6 is 0 Å². The maximum Gasteiger partial charge on any atom is 0.274 e. The molecule has 1 N–H and O–H groups in total. The topological polar surface area (TPSA) is 90.8 Å². The lowest BCUT2D eigenvalue weighted by Gasteiger charge is -2.38. The average molecular weight is 425 g/mol. The van der Waals surface area contributed by atoms with E-state index in [9.17, 15) is 14.4 Å². The highest BCUT2D eigenvalue weighted by Crippen LogP contribution is 2.24. The molecule has 2 aliphatic heterocycles. The van der Waals surface area contributed by atoms with Gasteiger partial charge in [-0.15, -0.1) is 0 Å². The van der Waals surface area contributed by atoms with Crippen LogP contribution < -0.4 is 10.2 Å². The Morgan fingerprint density at radius 2 is 2.03 bits per heavy atom. The summed E-state index contributed by atoms with van der Waals surface area (Å²) < 4.78 is 1.71. The van der Waals surface area contributed by atoms with E-state index in [1.807, 2.05) is 43.1 Å². The Hall–Kier alpha value is -3.20. The summed E-state index contributed by atoms with van der Waals surface area (Å²) >= 11 is 0. The number of hydrogen-bond acceptors (Lipinski definition) is 5. The molecule has 164 valence electrons. The third-order valence-corrected chi connectivity index (χ3v) is 5.92. The zero-order valence-electron chi connectivity index (χ0n) is 18.0. The molecule has 9 heteroatoms. The lowest BCUT2D eigenvalue weighted by molar-refractivity contribution is -0.122. The highest BCUT2D eigenvalue weighted by atomic mass is 16.2. The molecule has 31 heavy (non-hydrogen) atoms. The summed E-state index contributed by atoms with van der Waals surface area (Å²) in [6.45, 7) is 4.80. The number of hydrogen-bond donors (Lipinski definition) is 1. The number of nitrogens with one attached hydrogen (secondary N) is 1. The van der Waals surface area contributed by atoms with Gasteiger partial charge >= 0.3 is 0 Å². The molecule has 2 saturated heterocycles. The summed E-state index contributed by atoms with van der Waals surface area (Å²) in [7, 11) is 1.89. The first-order chi connectivity index (χ1) is 15.0. The van der Waals surface area contributed by atoms with Crippen molar-refractivity contribution in [3.63, 3.8) is 0 Å². The van der Waals surface area contributed by atoms with Crippen LogP contribution in [0.15, 0.2) is 36.5 Å². The third kappa shape index (κ3) is 4.46. The van der Waals surface area contributed by atoms with E-state index in [1.54, 1.807) is 26.7 Å². The lowest BCUT2D eigenvalue weighted by Crippen LogP contribution is -2.57. The second-order valence-electron chi connectivity index (χ2n) is 7.99. The number of likely N-dealkylation sites (N-methyl/N-ethyl adjacent to an activating group) is 1. The van der Waals surface area contributed by atoms with Crippen LogP contribution in [0.3, 0.4) is 0 Å². The summed E-state index contributed by atoms with van der Waals surface area (Å²) in [5.41, 5.74) is 1.83. The fourth-order valence-electron chi connectivity index (χ4n) is 4.05. The Bertz CT molecular complexity index is 987. The predicted molar refractivity (Wildman–Crippen MR) is 117 cm³/mol. The van der Waals surface area contributed by atoms with Crippen LogP contribution in [-0.2, 0) is 16.1 Å². The second kappa shape index (κ2) is 8.89. The number of aryl methyl sites for hydroxylation is 1. The fraction of sp³-hybridized carbons (Fsp3) is 0.455. The van der Waals surface area contributed by atoms with E-state index in [0.717, 1.165) is 12.1 Å². The van der Waals surface area contributed by atoms with Gasteiger partial charge in [0.05, 0.1) is 0 Å². The van der Waals surface area contributed by atoms with E-state index in [0.29, 0.717) is 50.5 Å². The van der Waals surface area contributed by atoms with Gasteiger partial charge < -0.3 is 15.1 Å². The minimum absolute atomic E-state index is 0.107. The molecule has 2 aromatic rings. The predicted octanol–water partition coefficient (Wildman–Crippen LogP) is 1.42. The first-order valence-corrected chi connectivity index (χ1v) is 10.7. The molecule has 1 aromatic heterocycles. The third-order valence-electron chi connectivity index (χ3n) is 5.92. The first kappa shape index (κ1) is 21.0. The van der Waals surface area contributed by atoms with Gasteiger partial charge in [-0.25, -0.2) is 0 Å². The Balaban J connectivity index is 1.43. The van der Waals surface area contributed by atoms with Gasteiger partial charge in [0.1, 0.15) is 11.7 Å². The van der Waals surface area contributed by atoms with Crippen LogP contribution in [-0.4, -0.2) is 76.6 Å². The highest BCUT2D eigenvalue weighted by Gasteiger charge is 2.33. The normalized spacial score (nSPS) is 19.7. The van der Waals surface area contributed by atoms with Gasteiger partial charge in [0.2, 0.25) is 11.8 Å². The zero-order valence-corrected chi connectivity index (χ0v) is 18.0. The molecular formula is C22H28N6O3. The smallest absolute Gasteiger partial charge is 0.274 e. The van der Waals surface area contributed by atoms with Crippen LogP contribution in [0.1, 0.15) is 30.3 Å². The molecule has 2 aliphatic rings. The van der Waals surface area contributed by atoms with Crippen LogP contribution in [0, 0.1) is 0 Å². The van der Waals surface area contributed by atoms with Gasteiger partial charge in [0.25, 0.3) is 5.91 Å². The number of anilines is 2. The summed E-state index contributed by atoms with van der Waals surface area (Å²) in [5.74, 6) is -0.230. The van der Waals surface area contributed by atoms with E-state index in [1.165, 1.54) is 0 Å². The van der Waals surface area contributed by atoms with Crippen molar-refractivity contribution >= 4 is 29.1 Å². The van der Waals surface area contributed by atoms with Crippen LogP contribution in [0.25, 0.3) is 0 Å². The van der Waals surface area contributed by atoms with Crippen molar-refractivity contribution in [2.75, 3.05) is 43.4 Å². The molecule has 0 radical (unpaired) electrons. The molecular weight excluding hydrogens is 396 g/mol. The molecule has 9 nitrogen and oxygen atoms in total. The molecule has 4 rings (SSSR count). The molecule has 3 amide bonds. The number of carbonyl (C=O) groups excluding carboxylic acids is 3. The van der Waals surface area contributed by atoms with E-state index in [2.05, 4.69) is 10.4 Å². The Labute approximate surface area is 181 Å². The number of benzene rings is 1. The number of nitrogens with zero attached hydrogens (tertiary/aromatic N) is 5. The minimum Gasteiger partial charge on any atom is -0.334 e. The number of rotatable bonds is 5. The van der Waals surface area contributed by atoms with Gasteiger partial charge in [-0.05, 0) is 44.7 Å². The Morgan fingerprint density at radius 3 is 2.74 bits per heavy atom. The molecule has 0 bridgehead atoms. The Morgan fingerprint density at radius 1 is 1.19 bits per heavy atom. The van der Waals surface area contributed by atoms with E-state index in [-0.39, 0.29) is 17.7 Å². The quantitative estimate of drug-likeness (QED) is 0.784. The van der Waals surface area contributed by atoms with E-state index < -0.39 is 6.04 Å². The van der Waals surface area contributed by atoms with Crippen molar-refractivity contribution in [1.29, 1.82) is 0 Å². The van der Waals surface area contributed by atoms with Crippen LogP contribution in [0.4, 0.5) is 11.4 Å². The molecule has 2 fully saturated rings. The van der Waals surface area contributed by atoms with Crippen LogP contribution in [0.5, 0.6) is 0 Å². The minimum atomic E-state index is -0.469. The summed E-state index contributed by atoms with van der Waals surface area (Å²) in [6.07, 6.45) is 3.19. The van der Waals surface area contributed by atoms with E-state index >= 15 is 0 Å². The van der Waals surface area contributed by atoms with Crippen molar-refractivity contribution < 1.29 is 14.4 Å². The number of carbonyl (C=O) groups is 3. The number of piperazine rings is 1. The van der Waals surface area contributed by atoms with Crippen molar-refractivity contribution in [2.45, 2.75) is 32.4 Å². The summed E-state index contributed by atoms with van der Waals surface area (Å²) in [6, 6.07) is 8.59. The van der Waals surface area contributed by atoms with Gasteiger partial charge in [0, 0.05) is 56.7 Å². The van der Waals surface area contributed by atoms with Gasteiger partial charge in [-0.2, -0.15) is 5.10 Å². The standard InChI is InChI=1S/C22H28N6O3/c1-3-27-11-9-18(24-27)22(31)26-13-12-25(2)19(15-26)21(30)23-16-6-4-7-17(14-16)28-10-5-8-20(28)29/h4,6-7,9,11,14,19H,3,5,8,10,12-13,15H2,1-2H3,(H,23,30). The fourth-order valence-corrected chi connectivity index (χ4v) is 4.05. The Kier molecular flexibility index (Phi) is 6.03. The SMILES string of the molecule is CCn1ccc(C(=O)N2CCN(C)C(C(=O)Nc3cccc(N4CCCC4=O)c3)C2)n1. The molecule has 0 aliphatic carbocycles. The van der Waals surface area contributed by atoms with Gasteiger partial charge in [-0.1, -0.05) is 6.07 Å². The van der Waals surface area contributed by atoms with Gasteiger partial charge in [-0.3, -0.25) is 24.0 Å². The zero-order chi connectivity index (χ0) is 22.0. The molecule has 1 aromatic carbocycles. The molecule has 3 heterocycles. The lowest BCUT2D eigenvalue weighted by atomic mass is 10.1. The number of amides is 3.